The Labute approximate surface area is 152 Å². The molecule has 1 atom stereocenters. The number of carbonyl (C=O) groups is 3. The first kappa shape index (κ1) is 21.6. The average Bonchev–Trinajstić information content (AvgIpc) is 2.59. The predicted octanol–water partition coefficient (Wildman–Crippen LogP) is -0.265. The van der Waals surface area contributed by atoms with Crippen LogP contribution in [0.15, 0.2) is 29.2 Å². The number of rotatable bonds is 8. The highest BCUT2D eigenvalue weighted by Gasteiger charge is 2.19. The molecule has 0 aliphatic rings. The minimum Gasteiger partial charge on any atom is -0.452 e. The number of ether oxygens (including phenoxy) is 1. The van der Waals surface area contributed by atoms with Crippen LogP contribution in [0.2, 0.25) is 0 Å². The molecule has 0 radical (unpaired) electrons. The van der Waals surface area contributed by atoms with E-state index in [9.17, 15) is 22.8 Å². The van der Waals surface area contributed by atoms with Gasteiger partial charge in [0.15, 0.2) is 6.61 Å². The number of carbonyl (C=O) groups excluding carboxylic acids is 3. The second kappa shape index (κ2) is 9.30. The highest BCUT2D eigenvalue weighted by atomic mass is 32.2. The Morgan fingerprint density at radius 1 is 1.15 bits per heavy atom. The zero-order chi connectivity index (χ0) is 19.9. The maximum atomic E-state index is 12.0. The number of benzene rings is 1. The molecule has 26 heavy (non-hydrogen) atoms. The van der Waals surface area contributed by atoms with Crippen LogP contribution in [0.1, 0.15) is 24.2 Å². The molecule has 0 saturated heterocycles. The summed E-state index contributed by atoms with van der Waals surface area (Å²) in [6, 6.07) is 4.41. The second-order valence-electron chi connectivity index (χ2n) is 5.57. The number of amides is 2. The molecule has 0 aliphatic heterocycles. The molecule has 10 heteroatoms. The molecule has 1 aromatic carbocycles. The van der Waals surface area contributed by atoms with E-state index in [1.807, 2.05) is 0 Å². The molecule has 144 valence electrons. The first-order valence-corrected chi connectivity index (χ1v) is 9.30. The molecule has 1 rings (SSSR count). The number of nitrogens with zero attached hydrogens (tertiary/aromatic N) is 1. The summed E-state index contributed by atoms with van der Waals surface area (Å²) in [7, 11) is -0.791. The summed E-state index contributed by atoms with van der Waals surface area (Å²) in [5, 5.41) is 4.95. The van der Waals surface area contributed by atoms with Crippen LogP contribution in [0.5, 0.6) is 0 Å². The molecule has 2 N–H and O–H groups in total. The Balaban J connectivity index is 2.61. The minimum absolute atomic E-state index is 0.0348. The monoisotopic (exact) mass is 385 g/mol. The van der Waals surface area contributed by atoms with Crippen molar-refractivity contribution in [1.29, 1.82) is 0 Å². The topological polar surface area (TPSA) is 122 Å². The van der Waals surface area contributed by atoms with Crippen molar-refractivity contribution in [2.75, 3.05) is 27.2 Å². The maximum Gasteiger partial charge on any atom is 0.338 e. The lowest BCUT2D eigenvalue weighted by atomic mass is 10.2. The normalized spacial score (nSPS) is 12.3. The minimum atomic E-state index is -3.59. The van der Waals surface area contributed by atoms with E-state index in [0.29, 0.717) is 6.54 Å². The van der Waals surface area contributed by atoms with E-state index in [1.165, 1.54) is 45.3 Å². The van der Waals surface area contributed by atoms with Gasteiger partial charge in [-0.2, -0.15) is 0 Å². The van der Waals surface area contributed by atoms with Crippen molar-refractivity contribution >= 4 is 27.8 Å². The summed E-state index contributed by atoms with van der Waals surface area (Å²) in [6.07, 6.45) is 0. The van der Waals surface area contributed by atoms with E-state index in [0.717, 1.165) is 4.31 Å². The molecule has 0 aromatic heterocycles. The fourth-order valence-electron chi connectivity index (χ4n) is 1.86. The number of hydrogen-bond acceptors (Lipinski definition) is 6. The quantitative estimate of drug-likeness (QED) is 0.594. The van der Waals surface area contributed by atoms with E-state index in [-0.39, 0.29) is 16.4 Å². The Morgan fingerprint density at radius 3 is 2.23 bits per heavy atom. The summed E-state index contributed by atoms with van der Waals surface area (Å²) in [6.45, 7) is 3.14. The second-order valence-corrected chi connectivity index (χ2v) is 7.72. The third-order valence-corrected chi connectivity index (χ3v) is 5.15. The maximum absolute atomic E-state index is 12.0. The Morgan fingerprint density at radius 2 is 1.73 bits per heavy atom. The highest BCUT2D eigenvalue weighted by molar-refractivity contribution is 7.89. The largest absolute Gasteiger partial charge is 0.452 e. The lowest BCUT2D eigenvalue weighted by Gasteiger charge is -2.13. The Hall–Kier alpha value is -2.46. The van der Waals surface area contributed by atoms with Crippen LogP contribution in [-0.4, -0.2) is 63.8 Å². The lowest BCUT2D eigenvalue weighted by molar-refractivity contribution is -0.130. The van der Waals surface area contributed by atoms with Gasteiger partial charge in [0.05, 0.1) is 10.5 Å². The summed E-state index contributed by atoms with van der Waals surface area (Å²) in [5.41, 5.74) is 0.104. The van der Waals surface area contributed by atoms with Crippen molar-refractivity contribution in [3.05, 3.63) is 29.8 Å². The standard InChI is InChI=1S/C16H23N3O6S/c1-5-17-15(21)11(2)18-14(20)10-25-16(22)12-6-8-13(9-7-12)26(23,24)19(3)4/h6-9,11H,5,10H2,1-4H3,(H,17,21)(H,18,20)/t11-/m1/s1. The molecule has 0 fully saturated rings. The van der Waals surface area contributed by atoms with Crippen LogP contribution >= 0.6 is 0 Å². The number of sulfonamides is 1. The Bertz CT molecular complexity index is 759. The van der Waals surface area contributed by atoms with Crippen LogP contribution < -0.4 is 10.6 Å². The van der Waals surface area contributed by atoms with Crippen LogP contribution in [0.3, 0.4) is 0 Å². The number of nitrogens with one attached hydrogen (secondary N) is 2. The highest BCUT2D eigenvalue weighted by Crippen LogP contribution is 2.14. The number of esters is 1. The van der Waals surface area contributed by atoms with Crippen molar-refractivity contribution in [2.45, 2.75) is 24.8 Å². The number of hydrogen-bond donors (Lipinski definition) is 2. The molecular weight excluding hydrogens is 362 g/mol. The first-order valence-electron chi connectivity index (χ1n) is 7.86. The van der Waals surface area contributed by atoms with Crippen molar-refractivity contribution in [3.8, 4) is 0 Å². The fraction of sp³-hybridized carbons (Fsp3) is 0.438. The van der Waals surface area contributed by atoms with Crippen LogP contribution in [-0.2, 0) is 24.3 Å². The molecule has 0 saturated carbocycles. The van der Waals surface area contributed by atoms with E-state index in [1.54, 1.807) is 6.92 Å². The van der Waals surface area contributed by atoms with Crippen LogP contribution in [0.25, 0.3) is 0 Å². The molecule has 9 nitrogen and oxygen atoms in total. The summed E-state index contributed by atoms with van der Waals surface area (Å²) >= 11 is 0. The van der Waals surface area contributed by atoms with Gasteiger partial charge in [0, 0.05) is 20.6 Å². The van der Waals surface area contributed by atoms with Gasteiger partial charge in [-0.1, -0.05) is 0 Å². The Kier molecular flexibility index (Phi) is 7.72. The van der Waals surface area contributed by atoms with E-state index in [2.05, 4.69) is 10.6 Å². The molecular formula is C16H23N3O6S. The zero-order valence-corrected chi connectivity index (χ0v) is 15.9. The van der Waals surface area contributed by atoms with Crippen molar-refractivity contribution in [1.82, 2.24) is 14.9 Å². The first-order chi connectivity index (χ1) is 12.1. The van der Waals surface area contributed by atoms with Gasteiger partial charge in [-0.3, -0.25) is 9.59 Å². The number of likely N-dealkylation sites (N-methyl/N-ethyl adjacent to an activating group) is 1. The predicted molar refractivity (Wildman–Crippen MR) is 93.9 cm³/mol. The third-order valence-electron chi connectivity index (χ3n) is 3.32. The van der Waals surface area contributed by atoms with Gasteiger partial charge in [-0.25, -0.2) is 17.5 Å². The molecule has 2 amide bonds. The van der Waals surface area contributed by atoms with E-state index in [4.69, 9.17) is 4.74 Å². The SMILES string of the molecule is CCNC(=O)[C@@H](C)NC(=O)COC(=O)c1ccc(S(=O)(=O)N(C)C)cc1. The van der Waals surface area contributed by atoms with Crippen molar-refractivity contribution < 1.29 is 27.5 Å². The smallest absolute Gasteiger partial charge is 0.338 e. The van der Waals surface area contributed by atoms with Gasteiger partial charge in [0.25, 0.3) is 5.91 Å². The van der Waals surface area contributed by atoms with E-state index < -0.39 is 34.5 Å². The van der Waals surface area contributed by atoms with Gasteiger partial charge < -0.3 is 15.4 Å². The lowest BCUT2D eigenvalue weighted by Crippen LogP contribution is -2.46. The molecule has 1 aromatic rings. The zero-order valence-electron chi connectivity index (χ0n) is 15.1. The molecule has 0 heterocycles. The van der Waals surface area contributed by atoms with Crippen molar-refractivity contribution in [2.24, 2.45) is 0 Å². The summed E-state index contributed by atoms with van der Waals surface area (Å²) in [5.74, 6) is -1.74. The fourth-order valence-corrected chi connectivity index (χ4v) is 2.77. The van der Waals surface area contributed by atoms with Crippen LogP contribution in [0.4, 0.5) is 0 Å². The molecule has 0 unspecified atom stereocenters. The van der Waals surface area contributed by atoms with Crippen LogP contribution in [0, 0.1) is 0 Å². The summed E-state index contributed by atoms with van der Waals surface area (Å²) in [4.78, 5) is 35.2. The van der Waals surface area contributed by atoms with Gasteiger partial charge in [0.2, 0.25) is 15.9 Å². The van der Waals surface area contributed by atoms with Gasteiger partial charge in [-0.05, 0) is 38.1 Å². The molecule has 0 bridgehead atoms. The van der Waals surface area contributed by atoms with Gasteiger partial charge >= 0.3 is 5.97 Å². The van der Waals surface area contributed by atoms with E-state index >= 15 is 0 Å². The summed E-state index contributed by atoms with van der Waals surface area (Å²) < 4.78 is 29.8. The molecule has 0 spiro atoms. The molecule has 0 aliphatic carbocycles. The third kappa shape index (κ3) is 5.81. The van der Waals surface area contributed by atoms with Crippen molar-refractivity contribution in [3.63, 3.8) is 0 Å². The van der Waals surface area contributed by atoms with Gasteiger partial charge in [0.1, 0.15) is 6.04 Å². The average molecular weight is 385 g/mol. The van der Waals surface area contributed by atoms with Gasteiger partial charge in [-0.15, -0.1) is 0 Å².